The Labute approximate surface area is 150 Å². The van der Waals surface area contributed by atoms with Gasteiger partial charge in [-0.2, -0.15) is 5.10 Å². The summed E-state index contributed by atoms with van der Waals surface area (Å²) in [5, 5.41) is 12.1. The van der Waals surface area contributed by atoms with Gasteiger partial charge in [0.2, 0.25) is 0 Å². The topological polar surface area (TPSA) is 74.3 Å². The Hall–Kier alpha value is -3.76. The molecule has 4 rings (SSSR count). The summed E-state index contributed by atoms with van der Waals surface area (Å²) in [6.07, 6.45) is 1.61. The molecule has 0 aliphatic carbocycles. The SMILES string of the molecule is CC1=Nc2c(cnn2-c2ccccc2)C(=C=N)N1C(=O)c1ccccc1. The summed E-state index contributed by atoms with van der Waals surface area (Å²) >= 11 is 0. The first-order valence-corrected chi connectivity index (χ1v) is 8.09. The summed E-state index contributed by atoms with van der Waals surface area (Å²) in [7, 11) is 0. The number of aliphatic imine (C=N–C) groups is 1. The van der Waals surface area contributed by atoms with Crippen LogP contribution >= 0.6 is 0 Å². The lowest BCUT2D eigenvalue weighted by molar-refractivity contribution is 0.0895. The second-order valence-electron chi connectivity index (χ2n) is 5.77. The van der Waals surface area contributed by atoms with Crippen molar-refractivity contribution in [1.82, 2.24) is 14.7 Å². The molecular formula is C20H15N5O. The summed E-state index contributed by atoms with van der Waals surface area (Å²) in [6, 6.07) is 18.5. The first-order valence-electron chi connectivity index (χ1n) is 8.09. The smallest absolute Gasteiger partial charge is 0.264 e. The second kappa shape index (κ2) is 6.27. The molecule has 1 aromatic heterocycles. The molecule has 0 unspecified atom stereocenters. The fraction of sp³-hybridized carbons (Fsp3) is 0.0500. The van der Waals surface area contributed by atoms with Crippen LogP contribution in [0.2, 0.25) is 0 Å². The van der Waals surface area contributed by atoms with Crippen molar-refractivity contribution >= 4 is 29.1 Å². The standard InChI is InChI=1S/C20H15N5O/c1-14-23-19-17(13-22-25(19)16-10-6-3-7-11-16)18(12-21)24(14)20(26)15-8-4-2-5-9-15/h2-11,13,21H,1H3. The Balaban J connectivity index is 1.83. The van der Waals surface area contributed by atoms with E-state index in [1.165, 1.54) is 4.90 Å². The van der Waals surface area contributed by atoms with E-state index in [0.29, 0.717) is 28.5 Å². The molecule has 126 valence electrons. The van der Waals surface area contributed by atoms with E-state index in [-0.39, 0.29) is 5.91 Å². The van der Waals surface area contributed by atoms with E-state index >= 15 is 0 Å². The number of hydrogen-bond donors (Lipinski definition) is 1. The number of fused-ring (bicyclic) bond motifs is 1. The molecular weight excluding hydrogens is 326 g/mol. The van der Waals surface area contributed by atoms with Gasteiger partial charge in [-0.1, -0.05) is 36.4 Å². The van der Waals surface area contributed by atoms with Gasteiger partial charge in [-0.25, -0.2) is 9.67 Å². The van der Waals surface area contributed by atoms with Crippen LogP contribution in [0.15, 0.2) is 71.9 Å². The average Bonchev–Trinajstić information content (AvgIpc) is 3.11. The third-order valence-corrected chi connectivity index (χ3v) is 4.16. The van der Waals surface area contributed by atoms with Gasteiger partial charge in [0.25, 0.3) is 5.91 Å². The molecule has 2 heterocycles. The maximum atomic E-state index is 12.9. The zero-order valence-electron chi connectivity index (χ0n) is 14.0. The van der Waals surface area contributed by atoms with Crippen LogP contribution in [0.1, 0.15) is 22.8 Å². The van der Waals surface area contributed by atoms with Crippen LogP contribution in [0.5, 0.6) is 0 Å². The van der Waals surface area contributed by atoms with Gasteiger partial charge >= 0.3 is 0 Å². The highest BCUT2D eigenvalue weighted by Gasteiger charge is 2.31. The maximum Gasteiger partial charge on any atom is 0.264 e. The van der Waals surface area contributed by atoms with Crippen LogP contribution in [-0.4, -0.2) is 32.3 Å². The van der Waals surface area contributed by atoms with Crippen LogP contribution in [0.3, 0.4) is 0 Å². The lowest BCUT2D eigenvalue weighted by Gasteiger charge is -2.26. The van der Waals surface area contributed by atoms with E-state index < -0.39 is 0 Å². The number of amidine groups is 1. The number of hydrogen-bond acceptors (Lipinski definition) is 4. The fourth-order valence-electron chi connectivity index (χ4n) is 2.94. The summed E-state index contributed by atoms with van der Waals surface area (Å²) in [5.41, 5.74) is 2.31. The number of carbonyl (C=O) groups is 1. The zero-order chi connectivity index (χ0) is 18.1. The highest BCUT2D eigenvalue weighted by Crippen LogP contribution is 2.35. The predicted octanol–water partition coefficient (Wildman–Crippen LogP) is 3.67. The summed E-state index contributed by atoms with van der Waals surface area (Å²) < 4.78 is 1.69. The maximum absolute atomic E-state index is 12.9. The van der Waals surface area contributed by atoms with E-state index in [2.05, 4.69) is 16.0 Å². The quantitative estimate of drug-likeness (QED) is 0.722. The Bertz CT molecular complexity index is 1060. The minimum atomic E-state index is -0.250. The molecule has 1 amide bonds. The molecule has 6 nitrogen and oxygen atoms in total. The van der Waals surface area contributed by atoms with Crippen LogP contribution in [0.4, 0.5) is 5.82 Å². The van der Waals surface area contributed by atoms with Gasteiger partial charge in [-0.05, 0) is 31.2 Å². The van der Waals surface area contributed by atoms with Crippen molar-refractivity contribution in [3.63, 3.8) is 0 Å². The summed E-state index contributed by atoms with van der Waals surface area (Å²) in [5.74, 6) is 3.20. The summed E-state index contributed by atoms with van der Waals surface area (Å²) in [4.78, 5) is 18.9. The average molecular weight is 341 g/mol. The van der Waals surface area contributed by atoms with Crippen LogP contribution < -0.4 is 0 Å². The molecule has 6 heteroatoms. The Morgan fingerprint density at radius 1 is 1.04 bits per heavy atom. The molecule has 1 aliphatic heterocycles. The van der Waals surface area contributed by atoms with Gasteiger partial charge in [0.15, 0.2) is 5.82 Å². The lowest BCUT2D eigenvalue weighted by atomic mass is 10.1. The molecule has 0 atom stereocenters. The molecule has 1 N–H and O–H groups in total. The number of para-hydroxylation sites is 1. The first kappa shape index (κ1) is 15.7. The summed E-state index contributed by atoms with van der Waals surface area (Å²) in [6.45, 7) is 1.74. The van der Waals surface area contributed by atoms with E-state index in [9.17, 15) is 4.79 Å². The molecule has 0 saturated heterocycles. The van der Waals surface area contributed by atoms with Crippen LogP contribution in [-0.2, 0) is 0 Å². The van der Waals surface area contributed by atoms with Gasteiger partial charge in [-0.3, -0.25) is 15.1 Å². The van der Waals surface area contributed by atoms with E-state index in [1.54, 1.807) is 42.1 Å². The van der Waals surface area contributed by atoms with Crippen LogP contribution in [0.25, 0.3) is 11.4 Å². The Morgan fingerprint density at radius 3 is 2.35 bits per heavy atom. The monoisotopic (exact) mass is 341 g/mol. The van der Waals surface area contributed by atoms with Gasteiger partial charge < -0.3 is 0 Å². The van der Waals surface area contributed by atoms with Crippen molar-refractivity contribution in [3.05, 3.63) is 78.0 Å². The number of aromatic nitrogens is 2. The van der Waals surface area contributed by atoms with E-state index in [1.807, 2.05) is 36.4 Å². The largest absolute Gasteiger partial charge is 0.268 e. The lowest BCUT2D eigenvalue weighted by Crippen LogP contribution is -2.35. The zero-order valence-corrected chi connectivity index (χ0v) is 14.0. The molecule has 0 radical (unpaired) electrons. The molecule has 0 bridgehead atoms. The number of carbonyl (C=O) groups excluding carboxylic acids is 1. The molecule has 0 fully saturated rings. The Kier molecular flexibility index (Phi) is 3.80. The molecule has 0 saturated carbocycles. The normalized spacial score (nSPS) is 13.0. The van der Waals surface area contributed by atoms with Crippen molar-refractivity contribution in [2.24, 2.45) is 4.99 Å². The van der Waals surface area contributed by atoms with Gasteiger partial charge in [0.1, 0.15) is 11.5 Å². The van der Waals surface area contributed by atoms with Crippen molar-refractivity contribution < 1.29 is 4.79 Å². The molecule has 26 heavy (non-hydrogen) atoms. The minimum Gasteiger partial charge on any atom is -0.268 e. The van der Waals surface area contributed by atoms with Crippen molar-refractivity contribution in [2.45, 2.75) is 6.92 Å². The van der Waals surface area contributed by atoms with Gasteiger partial charge in [0, 0.05) is 11.4 Å². The third kappa shape index (κ3) is 2.46. The van der Waals surface area contributed by atoms with Crippen molar-refractivity contribution in [1.29, 1.82) is 5.41 Å². The number of nitrogens with zero attached hydrogens (tertiary/aromatic N) is 4. The van der Waals surface area contributed by atoms with Gasteiger partial charge in [0.05, 0.1) is 17.4 Å². The highest BCUT2D eigenvalue weighted by atomic mass is 16.2. The molecule has 0 spiro atoms. The minimum absolute atomic E-state index is 0.250. The molecule has 1 aliphatic rings. The second-order valence-corrected chi connectivity index (χ2v) is 5.77. The van der Waals surface area contributed by atoms with Crippen molar-refractivity contribution in [3.8, 4) is 5.69 Å². The number of nitrogens with one attached hydrogen (secondary N) is 1. The first-order chi connectivity index (χ1) is 12.7. The van der Waals surface area contributed by atoms with E-state index in [4.69, 9.17) is 5.41 Å². The number of amides is 1. The number of benzene rings is 2. The molecule has 2 aromatic carbocycles. The van der Waals surface area contributed by atoms with Crippen molar-refractivity contribution in [2.75, 3.05) is 0 Å². The number of rotatable bonds is 2. The fourth-order valence-corrected chi connectivity index (χ4v) is 2.94. The third-order valence-electron chi connectivity index (χ3n) is 4.16. The highest BCUT2D eigenvalue weighted by molar-refractivity contribution is 6.17. The van der Waals surface area contributed by atoms with Crippen LogP contribution in [0, 0.1) is 5.41 Å². The Morgan fingerprint density at radius 2 is 1.69 bits per heavy atom. The predicted molar refractivity (Wildman–Crippen MR) is 100 cm³/mol. The van der Waals surface area contributed by atoms with E-state index in [0.717, 1.165) is 5.69 Å². The molecule has 3 aromatic rings. The van der Waals surface area contributed by atoms with Gasteiger partial charge in [-0.15, -0.1) is 0 Å².